The molecule has 1 aliphatic rings. The van der Waals surface area contributed by atoms with E-state index < -0.39 is 0 Å². The number of likely N-dealkylation sites (N-methyl/N-ethyl adjacent to an activating group) is 1. The van der Waals surface area contributed by atoms with Crippen LogP contribution in [0.15, 0.2) is 18.2 Å². The van der Waals surface area contributed by atoms with Crippen molar-refractivity contribution in [3.05, 3.63) is 29.6 Å². The van der Waals surface area contributed by atoms with Crippen LogP contribution in [0.1, 0.15) is 5.56 Å². The van der Waals surface area contributed by atoms with Gasteiger partial charge in [-0.05, 0) is 23.8 Å². The predicted molar refractivity (Wildman–Crippen MR) is 69.9 cm³/mol. The summed E-state index contributed by atoms with van der Waals surface area (Å²) in [5.41, 5.74) is 7.06. The molecule has 5 nitrogen and oxygen atoms in total. The van der Waals surface area contributed by atoms with E-state index in [0.717, 1.165) is 0 Å². The van der Waals surface area contributed by atoms with Crippen LogP contribution in [-0.2, 0) is 16.1 Å². The Morgan fingerprint density at radius 2 is 2.42 bits per heavy atom. The van der Waals surface area contributed by atoms with Crippen molar-refractivity contribution >= 4 is 11.6 Å². The number of carbonyl (C=O) groups is 1. The Balaban J connectivity index is 2.15. The van der Waals surface area contributed by atoms with Gasteiger partial charge in [0.1, 0.15) is 11.9 Å². The molecular formula is C13H18FN3O2. The summed E-state index contributed by atoms with van der Waals surface area (Å²) in [6.07, 6.45) is 0. The summed E-state index contributed by atoms with van der Waals surface area (Å²) in [6, 6.07) is 3.92. The number of nitrogens with zero attached hydrogens (tertiary/aromatic N) is 1. The van der Waals surface area contributed by atoms with Crippen LogP contribution in [0.5, 0.6) is 0 Å². The van der Waals surface area contributed by atoms with Crippen molar-refractivity contribution in [2.75, 3.05) is 32.5 Å². The standard InChI is InChI=1S/C13H18FN3O2/c1-16-13(18)12-8-19-5-4-17(12)7-9-6-10(14)2-3-11(9)15/h2-3,6,12H,4-5,7-8,15H2,1H3,(H,16,18). The van der Waals surface area contributed by atoms with Crippen LogP contribution in [0.2, 0.25) is 0 Å². The molecule has 1 aromatic carbocycles. The Bertz CT molecular complexity index is 467. The molecular weight excluding hydrogens is 249 g/mol. The highest BCUT2D eigenvalue weighted by atomic mass is 19.1. The van der Waals surface area contributed by atoms with Crippen molar-refractivity contribution in [2.24, 2.45) is 0 Å². The minimum absolute atomic E-state index is 0.102. The quantitative estimate of drug-likeness (QED) is 0.776. The molecule has 1 saturated heterocycles. The molecule has 1 aromatic rings. The topological polar surface area (TPSA) is 67.6 Å². The summed E-state index contributed by atoms with van der Waals surface area (Å²) in [5.74, 6) is -0.427. The molecule has 19 heavy (non-hydrogen) atoms. The van der Waals surface area contributed by atoms with Gasteiger partial charge in [-0.1, -0.05) is 0 Å². The maximum Gasteiger partial charge on any atom is 0.239 e. The van der Waals surface area contributed by atoms with Gasteiger partial charge in [0.25, 0.3) is 0 Å². The fraction of sp³-hybridized carbons (Fsp3) is 0.462. The summed E-state index contributed by atoms with van der Waals surface area (Å²) >= 11 is 0. The number of benzene rings is 1. The maximum atomic E-state index is 13.2. The normalized spacial score (nSPS) is 20.2. The SMILES string of the molecule is CNC(=O)C1COCCN1Cc1cc(F)ccc1N. The third-order valence-corrected chi connectivity index (χ3v) is 3.27. The Kier molecular flexibility index (Phi) is 4.34. The molecule has 1 aliphatic heterocycles. The molecule has 2 rings (SSSR count). The first-order valence-electron chi connectivity index (χ1n) is 6.19. The van der Waals surface area contributed by atoms with Crippen molar-refractivity contribution in [2.45, 2.75) is 12.6 Å². The molecule has 1 amide bonds. The first-order valence-corrected chi connectivity index (χ1v) is 6.19. The van der Waals surface area contributed by atoms with Crippen LogP contribution < -0.4 is 11.1 Å². The molecule has 0 aromatic heterocycles. The third kappa shape index (κ3) is 3.21. The smallest absolute Gasteiger partial charge is 0.239 e. The van der Waals surface area contributed by atoms with Gasteiger partial charge >= 0.3 is 0 Å². The van der Waals surface area contributed by atoms with Gasteiger partial charge in [-0.15, -0.1) is 0 Å². The number of anilines is 1. The third-order valence-electron chi connectivity index (χ3n) is 3.27. The molecule has 1 heterocycles. The van der Waals surface area contributed by atoms with Crippen LogP contribution in [-0.4, -0.2) is 43.7 Å². The van der Waals surface area contributed by atoms with Gasteiger partial charge in [0.2, 0.25) is 5.91 Å². The van der Waals surface area contributed by atoms with Crippen molar-refractivity contribution in [1.29, 1.82) is 0 Å². The minimum atomic E-state index is -0.360. The second-order valence-electron chi connectivity index (χ2n) is 4.52. The minimum Gasteiger partial charge on any atom is -0.398 e. The monoisotopic (exact) mass is 267 g/mol. The first-order chi connectivity index (χ1) is 9.11. The zero-order chi connectivity index (χ0) is 13.8. The fourth-order valence-corrected chi connectivity index (χ4v) is 2.17. The van der Waals surface area contributed by atoms with Gasteiger partial charge in [-0.3, -0.25) is 9.69 Å². The van der Waals surface area contributed by atoms with Crippen LogP contribution >= 0.6 is 0 Å². The molecule has 1 fully saturated rings. The molecule has 1 atom stereocenters. The molecule has 0 radical (unpaired) electrons. The highest BCUT2D eigenvalue weighted by Crippen LogP contribution is 2.18. The number of hydrogen-bond acceptors (Lipinski definition) is 4. The van der Waals surface area contributed by atoms with Crippen LogP contribution in [0, 0.1) is 5.82 Å². The summed E-state index contributed by atoms with van der Waals surface area (Å²) in [6.45, 7) is 1.96. The molecule has 0 bridgehead atoms. The number of ether oxygens (including phenoxy) is 1. The number of rotatable bonds is 3. The lowest BCUT2D eigenvalue weighted by molar-refractivity contribution is -0.132. The Hall–Kier alpha value is -1.66. The highest BCUT2D eigenvalue weighted by molar-refractivity contribution is 5.81. The van der Waals surface area contributed by atoms with Crippen LogP contribution in [0.3, 0.4) is 0 Å². The van der Waals surface area contributed by atoms with E-state index in [4.69, 9.17) is 10.5 Å². The number of nitrogens with one attached hydrogen (secondary N) is 1. The van der Waals surface area contributed by atoms with Crippen LogP contribution in [0.4, 0.5) is 10.1 Å². The summed E-state index contributed by atoms with van der Waals surface area (Å²) in [7, 11) is 1.59. The second-order valence-corrected chi connectivity index (χ2v) is 4.52. The highest BCUT2D eigenvalue weighted by Gasteiger charge is 2.29. The Labute approximate surface area is 111 Å². The number of morpholine rings is 1. The molecule has 104 valence electrons. The zero-order valence-corrected chi connectivity index (χ0v) is 10.9. The fourth-order valence-electron chi connectivity index (χ4n) is 2.17. The zero-order valence-electron chi connectivity index (χ0n) is 10.9. The van der Waals surface area contributed by atoms with E-state index >= 15 is 0 Å². The molecule has 0 spiro atoms. The average Bonchev–Trinajstić information content (AvgIpc) is 2.42. The number of hydrogen-bond donors (Lipinski definition) is 2. The van der Waals surface area contributed by atoms with Gasteiger partial charge in [0.05, 0.1) is 13.2 Å². The summed E-state index contributed by atoms with van der Waals surface area (Å²) in [4.78, 5) is 13.7. The molecule has 6 heteroatoms. The van der Waals surface area contributed by atoms with Gasteiger partial charge in [0.15, 0.2) is 0 Å². The Morgan fingerprint density at radius 3 is 3.16 bits per heavy atom. The van der Waals surface area contributed by atoms with Crippen molar-refractivity contribution in [3.8, 4) is 0 Å². The first kappa shape index (κ1) is 13.8. The number of carbonyl (C=O) groups excluding carboxylic acids is 1. The lowest BCUT2D eigenvalue weighted by atomic mass is 10.1. The van der Waals surface area contributed by atoms with E-state index in [1.54, 1.807) is 13.1 Å². The van der Waals surface area contributed by atoms with E-state index in [0.29, 0.717) is 37.6 Å². The van der Waals surface area contributed by atoms with Gasteiger partial charge < -0.3 is 15.8 Å². The predicted octanol–water partition coefficient (Wildman–Crippen LogP) is 0.355. The second kappa shape index (κ2) is 5.99. The van der Waals surface area contributed by atoms with Gasteiger partial charge in [0, 0.05) is 25.8 Å². The van der Waals surface area contributed by atoms with Gasteiger partial charge in [-0.25, -0.2) is 4.39 Å². The van der Waals surface area contributed by atoms with E-state index in [2.05, 4.69) is 5.32 Å². The molecule has 1 unspecified atom stereocenters. The van der Waals surface area contributed by atoms with Crippen LogP contribution in [0.25, 0.3) is 0 Å². The lowest BCUT2D eigenvalue weighted by Gasteiger charge is -2.34. The Morgan fingerprint density at radius 1 is 1.63 bits per heavy atom. The van der Waals surface area contributed by atoms with E-state index in [-0.39, 0.29) is 17.8 Å². The number of halogens is 1. The van der Waals surface area contributed by atoms with Crippen molar-refractivity contribution < 1.29 is 13.9 Å². The van der Waals surface area contributed by atoms with Crippen molar-refractivity contribution in [3.63, 3.8) is 0 Å². The largest absolute Gasteiger partial charge is 0.398 e. The average molecular weight is 267 g/mol. The van der Waals surface area contributed by atoms with E-state index in [9.17, 15) is 9.18 Å². The lowest BCUT2D eigenvalue weighted by Crippen LogP contribution is -2.52. The van der Waals surface area contributed by atoms with E-state index in [1.807, 2.05) is 4.90 Å². The summed E-state index contributed by atoms with van der Waals surface area (Å²) < 4.78 is 18.6. The maximum absolute atomic E-state index is 13.2. The van der Waals surface area contributed by atoms with Gasteiger partial charge in [-0.2, -0.15) is 0 Å². The number of amides is 1. The van der Waals surface area contributed by atoms with Crippen molar-refractivity contribution in [1.82, 2.24) is 10.2 Å². The molecule has 0 saturated carbocycles. The molecule has 3 N–H and O–H groups in total. The number of nitrogens with two attached hydrogens (primary N) is 1. The van der Waals surface area contributed by atoms with E-state index in [1.165, 1.54) is 12.1 Å². The number of nitrogen functional groups attached to an aromatic ring is 1. The summed E-state index contributed by atoms with van der Waals surface area (Å²) in [5, 5.41) is 2.61. The molecule has 0 aliphatic carbocycles.